The first kappa shape index (κ1) is 11.6. The summed E-state index contributed by atoms with van der Waals surface area (Å²) in [6.45, 7) is 0. The van der Waals surface area contributed by atoms with Gasteiger partial charge in [-0.25, -0.2) is 0 Å². The SMILES string of the molecule is OP(Cl)(Cl)(Cl)[PH](Cl)(Cl)Cl. The van der Waals surface area contributed by atoms with Crippen molar-refractivity contribution in [2.24, 2.45) is 0 Å². The molecule has 0 radical (unpaired) electrons. The van der Waals surface area contributed by atoms with E-state index in [1.165, 1.54) is 0 Å². The molecule has 0 aromatic heterocycles. The van der Waals surface area contributed by atoms with Gasteiger partial charge in [-0.1, -0.05) is 0 Å². The van der Waals surface area contributed by atoms with Crippen molar-refractivity contribution >= 4 is 77.0 Å². The molecule has 1 nitrogen and oxygen atoms in total. The zero-order valence-corrected chi connectivity index (χ0v) is 10.1. The molecule has 0 atom stereocenters. The molecule has 0 fully saturated rings. The number of rotatable bonds is 1. The molecule has 0 saturated heterocycles. The second-order valence-corrected chi connectivity index (χ2v) is 27.6. The predicted octanol–water partition coefficient (Wildman–Crippen LogP) is 5.03. The second kappa shape index (κ2) is 2.80. The van der Waals surface area contributed by atoms with Gasteiger partial charge in [-0.2, -0.15) is 0 Å². The van der Waals surface area contributed by atoms with E-state index in [0.717, 1.165) is 0 Å². The monoisotopic (exact) mass is 290 g/mol. The van der Waals surface area contributed by atoms with Gasteiger partial charge in [0, 0.05) is 0 Å². The van der Waals surface area contributed by atoms with Crippen LogP contribution in [0.5, 0.6) is 0 Å². The van der Waals surface area contributed by atoms with E-state index < -0.39 is 9.59 Å². The average Bonchev–Trinajstić information content (AvgIpc) is 1.20. The quantitative estimate of drug-likeness (QED) is 0.672. The van der Waals surface area contributed by atoms with Gasteiger partial charge in [0.15, 0.2) is 0 Å². The average molecular weight is 293 g/mol. The predicted molar refractivity (Wildman–Crippen MR) is 52.6 cm³/mol. The first-order valence-corrected chi connectivity index (χ1v) is 12.3. The molecular weight excluding hydrogens is 291 g/mol. The van der Waals surface area contributed by atoms with Crippen LogP contribution in [0.4, 0.5) is 0 Å². The minimum absolute atomic E-state index is 3.58. The van der Waals surface area contributed by atoms with E-state index in [4.69, 9.17) is 72.3 Å². The van der Waals surface area contributed by atoms with Gasteiger partial charge in [0.2, 0.25) is 0 Å². The summed E-state index contributed by atoms with van der Waals surface area (Å²) in [6, 6.07) is 0. The standard InChI is InChI=1S/Cl6H2OP2/c1-8(2,3)9(4,5,6)7/h7-8H. The van der Waals surface area contributed by atoms with Crippen molar-refractivity contribution in [1.82, 2.24) is 0 Å². The molecule has 0 aliphatic heterocycles. The first-order valence-electron chi connectivity index (χ1n) is 1.50. The molecule has 0 heterocycles. The second-order valence-electron chi connectivity index (χ2n) is 1.24. The summed E-state index contributed by atoms with van der Waals surface area (Å²) >= 11 is 31.1. The molecule has 0 unspecified atom stereocenters. The molecule has 0 aromatic carbocycles. The molecule has 0 aliphatic rings. The van der Waals surface area contributed by atoms with Crippen LogP contribution in [-0.2, 0) is 0 Å². The van der Waals surface area contributed by atoms with Crippen molar-refractivity contribution in [3.05, 3.63) is 0 Å². The summed E-state index contributed by atoms with van der Waals surface area (Å²) in [5.41, 5.74) is 0. The molecule has 60 valence electrons. The molecule has 0 amide bonds. The molecule has 1 N–H and O–H groups in total. The number of halogens is 6. The van der Waals surface area contributed by atoms with Crippen LogP contribution in [-0.4, -0.2) is 4.89 Å². The fraction of sp³-hybridized carbons (Fsp3) is 0. The topological polar surface area (TPSA) is 20.2 Å². The third-order valence-electron chi connectivity index (χ3n) is 0.401. The van der Waals surface area contributed by atoms with Gasteiger partial charge in [-0.15, -0.1) is 0 Å². The Bertz CT molecular complexity index is 106. The molecule has 0 spiro atoms. The Hall–Kier alpha value is 2.56. The van der Waals surface area contributed by atoms with Gasteiger partial charge in [-0.05, 0) is 0 Å². The van der Waals surface area contributed by atoms with Gasteiger partial charge < -0.3 is 0 Å². The van der Waals surface area contributed by atoms with Crippen LogP contribution in [0.25, 0.3) is 0 Å². The summed E-state index contributed by atoms with van der Waals surface area (Å²) in [5, 5.41) is -3.58. The maximum absolute atomic E-state index is 8.91. The fourth-order valence-electron chi connectivity index (χ4n) is 0. The molecule has 9 heteroatoms. The summed E-state index contributed by atoms with van der Waals surface area (Å²) in [4.78, 5) is 8.91. The van der Waals surface area contributed by atoms with Crippen molar-refractivity contribution in [3.8, 4) is 0 Å². The molecular formula is H2Cl6OP2. The minimum atomic E-state index is -4.46. The van der Waals surface area contributed by atoms with Crippen molar-refractivity contribution in [2.75, 3.05) is 0 Å². The van der Waals surface area contributed by atoms with Crippen LogP contribution in [0.3, 0.4) is 0 Å². The Morgan fingerprint density at radius 2 is 1.11 bits per heavy atom. The maximum atomic E-state index is 8.91. The van der Waals surface area contributed by atoms with Crippen molar-refractivity contribution < 1.29 is 4.89 Å². The normalized spacial score (nSPS) is 20.6. The van der Waals surface area contributed by atoms with Gasteiger partial charge in [0.25, 0.3) is 0 Å². The zero-order chi connectivity index (χ0) is 7.95. The van der Waals surface area contributed by atoms with E-state index in [9.17, 15) is 0 Å². The Labute approximate surface area is 81.5 Å². The van der Waals surface area contributed by atoms with Crippen LogP contribution in [0.2, 0.25) is 0 Å². The van der Waals surface area contributed by atoms with Crippen LogP contribution >= 0.6 is 77.0 Å². The van der Waals surface area contributed by atoms with E-state index in [1.807, 2.05) is 0 Å². The van der Waals surface area contributed by atoms with Crippen molar-refractivity contribution in [3.63, 3.8) is 0 Å². The van der Waals surface area contributed by atoms with Crippen molar-refractivity contribution in [2.45, 2.75) is 0 Å². The Morgan fingerprint density at radius 3 is 1.11 bits per heavy atom. The van der Waals surface area contributed by atoms with E-state index in [1.54, 1.807) is 0 Å². The summed E-state index contributed by atoms with van der Waals surface area (Å²) in [7, 11) is 0. The first-order chi connectivity index (χ1) is 3.51. The van der Waals surface area contributed by atoms with Crippen LogP contribution < -0.4 is 0 Å². The summed E-state index contributed by atoms with van der Waals surface area (Å²) in [6.07, 6.45) is 0. The molecule has 9 heavy (non-hydrogen) atoms. The number of hydrogen-bond donors (Lipinski definition) is 1. The molecule has 0 saturated carbocycles. The van der Waals surface area contributed by atoms with Crippen molar-refractivity contribution in [1.29, 1.82) is 0 Å². The molecule has 0 aromatic rings. The van der Waals surface area contributed by atoms with Gasteiger partial charge in [0.05, 0.1) is 0 Å². The molecule has 0 bridgehead atoms. The van der Waals surface area contributed by atoms with Crippen LogP contribution in [0.15, 0.2) is 0 Å². The van der Waals surface area contributed by atoms with Crippen LogP contribution in [0.1, 0.15) is 0 Å². The van der Waals surface area contributed by atoms with E-state index >= 15 is 0 Å². The Kier molecular flexibility index (Phi) is 3.60. The van der Waals surface area contributed by atoms with E-state index in [0.29, 0.717) is 0 Å². The van der Waals surface area contributed by atoms with E-state index in [2.05, 4.69) is 0 Å². The van der Waals surface area contributed by atoms with Gasteiger partial charge >= 0.3 is 81.9 Å². The molecule has 0 aliphatic carbocycles. The summed E-state index contributed by atoms with van der Waals surface area (Å²) < 4.78 is -4.46. The fourth-order valence-corrected chi connectivity index (χ4v) is 0. The third-order valence-corrected chi connectivity index (χ3v) is 26.3. The number of hydrogen-bond acceptors (Lipinski definition) is 1. The molecule has 0 rings (SSSR count). The zero-order valence-electron chi connectivity index (χ0n) is 3.66. The third kappa shape index (κ3) is 3.65. The van der Waals surface area contributed by atoms with Gasteiger partial charge in [-0.3, -0.25) is 0 Å². The van der Waals surface area contributed by atoms with E-state index in [-0.39, 0.29) is 0 Å². The van der Waals surface area contributed by atoms with Crippen LogP contribution in [0, 0.1) is 0 Å². The van der Waals surface area contributed by atoms with Gasteiger partial charge in [0.1, 0.15) is 0 Å². The Morgan fingerprint density at radius 1 is 1.00 bits per heavy atom. The summed E-state index contributed by atoms with van der Waals surface area (Å²) in [5.74, 6) is 0. The Balaban J connectivity index is 4.56.